The fourth-order valence-corrected chi connectivity index (χ4v) is 5.74. The minimum Gasteiger partial charge on any atom is -0.390 e. The monoisotopic (exact) mass is 615 g/mol. The number of aryl methyl sites for hydroxylation is 1. The molecule has 3 aromatic carbocycles. The minimum atomic E-state index is -1.10. The molecule has 0 aliphatic heterocycles. The van der Waals surface area contributed by atoms with Gasteiger partial charge in [-0.2, -0.15) is 0 Å². The van der Waals surface area contributed by atoms with E-state index in [0.29, 0.717) is 24.2 Å². The lowest BCUT2D eigenvalue weighted by atomic mass is 9.97. The Morgan fingerprint density at radius 1 is 0.956 bits per heavy atom. The smallest absolute Gasteiger partial charge is 0.253 e. The number of nitrogens with one attached hydrogen (secondary N) is 2. The van der Waals surface area contributed by atoms with E-state index in [4.69, 9.17) is 6.42 Å². The first kappa shape index (κ1) is 33.8. The first-order valence-corrected chi connectivity index (χ1v) is 15.8. The molecular formula is C37H43F2N3O3. The Labute approximate surface area is 265 Å². The second-order valence-electron chi connectivity index (χ2n) is 11.9. The number of rotatable bonds is 15. The van der Waals surface area contributed by atoms with Crippen LogP contribution in [0, 0.1) is 24.0 Å². The molecule has 6 nitrogen and oxygen atoms in total. The molecule has 2 atom stereocenters. The van der Waals surface area contributed by atoms with E-state index in [0.717, 1.165) is 43.7 Å². The molecular weight excluding hydrogens is 572 g/mol. The molecule has 45 heavy (non-hydrogen) atoms. The van der Waals surface area contributed by atoms with Crippen molar-refractivity contribution in [3.8, 4) is 12.3 Å². The molecule has 0 saturated heterocycles. The molecule has 0 aromatic heterocycles. The number of halogens is 2. The van der Waals surface area contributed by atoms with Crippen LogP contribution in [0.5, 0.6) is 0 Å². The Morgan fingerprint density at radius 2 is 1.62 bits per heavy atom. The number of terminal acetylenes is 1. The van der Waals surface area contributed by atoms with E-state index in [1.54, 1.807) is 11.0 Å². The number of hydrogen-bond acceptors (Lipinski definition) is 4. The first-order valence-electron chi connectivity index (χ1n) is 15.8. The maximum absolute atomic E-state index is 14.1. The molecule has 238 valence electrons. The molecule has 3 aromatic rings. The van der Waals surface area contributed by atoms with Gasteiger partial charge in [0.15, 0.2) is 0 Å². The Balaban J connectivity index is 1.58. The van der Waals surface area contributed by atoms with Crippen LogP contribution >= 0.6 is 0 Å². The van der Waals surface area contributed by atoms with Gasteiger partial charge in [-0.25, -0.2) is 8.78 Å². The molecule has 1 saturated carbocycles. The van der Waals surface area contributed by atoms with Gasteiger partial charge in [0.2, 0.25) is 0 Å². The molecule has 2 amide bonds. The number of amides is 2. The van der Waals surface area contributed by atoms with Gasteiger partial charge < -0.3 is 20.6 Å². The van der Waals surface area contributed by atoms with Crippen LogP contribution in [-0.2, 0) is 18.4 Å². The number of aliphatic hydroxyl groups excluding tert-OH is 1. The highest BCUT2D eigenvalue weighted by Crippen LogP contribution is 2.45. The lowest BCUT2D eigenvalue weighted by Gasteiger charge is -2.28. The van der Waals surface area contributed by atoms with Gasteiger partial charge in [0.05, 0.1) is 12.1 Å². The lowest BCUT2D eigenvalue weighted by Crippen LogP contribution is -2.50. The van der Waals surface area contributed by atoms with Crippen LogP contribution in [0.2, 0.25) is 0 Å². The van der Waals surface area contributed by atoms with Crippen molar-refractivity contribution in [2.75, 3.05) is 19.6 Å². The highest BCUT2D eigenvalue weighted by molar-refractivity contribution is 6.00. The maximum Gasteiger partial charge on any atom is 0.253 e. The van der Waals surface area contributed by atoms with Crippen LogP contribution in [-0.4, -0.2) is 53.6 Å². The Bertz CT molecular complexity index is 1520. The zero-order valence-electron chi connectivity index (χ0n) is 26.3. The summed E-state index contributed by atoms with van der Waals surface area (Å²) in [5.74, 6) is 0.252. The van der Waals surface area contributed by atoms with Crippen molar-refractivity contribution in [3.05, 3.63) is 106 Å². The lowest BCUT2D eigenvalue weighted by molar-refractivity contribution is 0.0755. The first-order chi connectivity index (χ1) is 21.6. The van der Waals surface area contributed by atoms with Crippen LogP contribution in [0.25, 0.3) is 0 Å². The number of benzene rings is 3. The molecule has 8 heteroatoms. The van der Waals surface area contributed by atoms with E-state index in [-0.39, 0.29) is 35.5 Å². The third kappa shape index (κ3) is 8.78. The van der Waals surface area contributed by atoms with Gasteiger partial charge in [-0.05, 0) is 85.5 Å². The van der Waals surface area contributed by atoms with Crippen LogP contribution in [0.4, 0.5) is 8.78 Å². The van der Waals surface area contributed by atoms with Gasteiger partial charge in [-0.1, -0.05) is 51.0 Å². The van der Waals surface area contributed by atoms with E-state index in [1.807, 2.05) is 19.9 Å². The quantitative estimate of drug-likeness (QED) is 0.190. The predicted molar refractivity (Wildman–Crippen MR) is 173 cm³/mol. The zero-order chi connectivity index (χ0) is 32.6. The summed E-state index contributed by atoms with van der Waals surface area (Å²) in [7, 11) is 0. The highest BCUT2D eigenvalue weighted by atomic mass is 19.1. The van der Waals surface area contributed by atoms with Gasteiger partial charge in [-0.15, -0.1) is 6.42 Å². The van der Waals surface area contributed by atoms with Crippen molar-refractivity contribution in [1.29, 1.82) is 0 Å². The van der Waals surface area contributed by atoms with Gasteiger partial charge >= 0.3 is 0 Å². The summed E-state index contributed by atoms with van der Waals surface area (Å²) in [5, 5.41) is 17.8. The van der Waals surface area contributed by atoms with E-state index in [9.17, 15) is 23.5 Å². The SMILES string of the molecule is C#Cc1cc(C(=O)N[C@@H](Cc2cc(F)cc(F)c2)[C@H](O)CNC2(c3cccc(CC)c3)CC2)cc(C(=O)N(CCC)CCC)c1. The van der Waals surface area contributed by atoms with Crippen molar-refractivity contribution in [2.45, 2.75) is 77.0 Å². The number of hydrogen-bond donors (Lipinski definition) is 3. The third-order valence-corrected chi connectivity index (χ3v) is 8.33. The van der Waals surface area contributed by atoms with Crippen molar-refractivity contribution in [3.63, 3.8) is 0 Å². The molecule has 1 aliphatic rings. The average molecular weight is 616 g/mol. The molecule has 3 N–H and O–H groups in total. The maximum atomic E-state index is 14.1. The van der Waals surface area contributed by atoms with Crippen molar-refractivity contribution in [2.24, 2.45) is 0 Å². The van der Waals surface area contributed by atoms with E-state index in [1.165, 1.54) is 29.8 Å². The summed E-state index contributed by atoms with van der Waals surface area (Å²) in [5.41, 5.74) is 3.21. The van der Waals surface area contributed by atoms with E-state index < -0.39 is 29.7 Å². The molecule has 0 heterocycles. The van der Waals surface area contributed by atoms with E-state index >= 15 is 0 Å². The molecule has 0 spiro atoms. The van der Waals surface area contributed by atoms with Gasteiger partial charge in [0.1, 0.15) is 11.6 Å². The predicted octanol–water partition coefficient (Wildman–Crippen LogP) is 5.75. The van der Waals surface area contributed by atoms with Crippen LogP contribution in [0.3, 0.4) is 0 Å². The number of carbonyl (C=O) groups excluding carboxylic acids is 2. The second-order valence-corrected chi connectivity index (χ2v) is 11.9. The summed E-state index contributed by atoms with van der Waals surface area (Å²) in [6.45, 7) is 7.36. The van der Waals surface area contributed by atoms with Gasteiger partial charge in [0.25, 0.3) is 11.8 Å². The molecule has 4 rings (SSSR count). The summed E-state index contributed by atoms with van der Waals surface area (Å²) >= 11 is 0. The van der Waals surface area contributed by atoms with Gasteiger partial charge in [-0.3, -0.25) is 9.59 Å². The summed E-state index contributed by atoms with van der Waals surface area (Å²) in [6, 6.07) is 15.2. The van der Waals surface area contributed by atoms with E-state index in [2.05, 4.69) is 41.7 Å². The third-order valence-electron chi connectivity index (χ3n) is 8.33. The van der Waals surface area contributed by atoms with Crippen LogP contribution in [0.1, 0.15) is 89.4 Å². The molecule has 0 bridgehead atoms. The average Bonchev–Trinajstić information content (AvgIpc) is 3.83. The normalized spacial score (nSPS) is 14.7. The fraction of sp³-hybridized carbons (Fsp3) is 0.405. The second kappa shape index (κ2) is 15.3. The summed E-state index contributed by atoms with van der Waals surface area (Å²) < 4.78 is 28.2. The number of carbonyl (C=O) groups is 2. The molecule has 1 fully saturated rings. The standard InChI is InChI=1S/C37H43F2N3O3/c1-5-14-42(15-6-2)36(45)29-17-26(8-4)16-28(22-29)35(44)41-33(21-27-19-31(38)23-32(39)20-27)34(43)24-40-37(12-13-37)30-11-9-10-25(7-3)18-30/h4,9-11,16-20,22-23,33-34,40,43H,5-7,12-15,21,24H2,1-3H3,(H,41,44)/t33-,34+/m0/s1. The Morgan fingerprint density at radius 3 is 2.22 bits per heavy atom. The highest BCUT2D eigenvalue weighted by Gasteiger charge is 2.44. The fourth-order valence-electron chi connectivity index (χ4n) is 5.74. The van der Waals surface area contributed by atoms with Crippen molar-refractivity contribution >= 4 is 11.8 Å². The number of aliphatic hydroxyl groups is 1. The van der Waals surface area contributed by atoms with Crippen LogP contribution in [0.15, 0.2) is 60.7 Å². The Hall–Kier alpha value is -4.06. The minimum absolute atomic E-state index is 0.0248. The van der Waals surface area contributed by atoms with Crippen molar-refractivity contribution in [1.82, 2.24) is 15.5 Å². The van der Waals surface area contributed by atoms with Gasteiger partial charge in [0, 0.05) is 47.9 Å². The molecule has 0 radical (unpaired) electrons. The number of nitrogens with zero attached hydrogens (tertiary/aromatic N) is 1. The topological polar surface area (TPSA) is 81.7 Å². The molecule has 0 unspecified atom stereocenters. The Kier molecular flexibility index (Phi) is 11.5. The summed E-state index contributed by atoms with van der Waals surface area (Å²) in [4.78, 5) is 28.8. The largest absolute Gasteiger partial charge is 0.390 e. The molecule has 1 aliphatic carbocycles. The summed E-state index contributed by atoms with van der Waals surface area (Å²) in [6.07, 6.45) is 8.85. The zero-order valence-corrected chi connectivity index (χ0v) is 26.3. The van der Waals surface area contributed by atoms with Crippen molar-refractivity contribution < 1.29 is 23.5 Å². The van der Waals surface area contributed by atoms with Crippen LogP contribution < -0.4 is 10.6 Å².